The Morgan fingerprint density at radius 2 is 2.24 bits per heavy atom. The second kappa shape index (κ2) is 4.94. The molecule has 0 amide bonds. The van der Waals surface area contributed by atoms with Crippen molar-refractivity contribution >= 4 is 26.0 Å². The molecule has 0 aliphatic rings. The standard InChI is InChI=1S/C9H8BrN3O3S/c10-7-3-9(6-11-4-7)17(14,15)12-5-8-1-2-16-13-8/h1-4,6,12H,5H2. The van der Waals surface area contributed by atoms with Crippen molar-refractivity contribution in [1.29, 1.82) is 0 Å². The number of nitrogens with zero attached hydrogens (tertiary/aromatic N) is 2. The molecule has 90 valence electrons. The van der Waals surface area contributed by atoms with E-state index in [4.69, 9.17) is 0 Å². The van der Waals surface area contributed by atoms with Crippen LogP contribution in [0.25, 0.3) is 0 Å². The zero-order chi connectivity index (χ0) is 12.3. The van der Waals surface area contributed by atoms with E-state index in [2.05, 4.69) is 35.3 Å². The normalized spacial score (nSPS) is 11.6. The highest BCUT2D eigenvalue weighted by molar-refractivity contribution is 9.10. The lowest BCUT2D eigenvalue weighted by molar-refractivity contribution is 0.411. The minimum atomic E-state index is -3.58. The maximum atomic E-state index is 11.8. The summed E-state index contributed by atoms with van der Waals surface area (Å²) in [5.74, 6) is 0. The lowest BCUT2D eigenvalue weighted by Crippen LogP contribution is -2.23. The number of aromatic nitrogens is 2. The van der Waals surface area contributed by atoms with Gasteiger partial charge in [-0.3, -0.25) is 4.98 Å². The van der Waals surface area contributed by atoms with Gasteiger partial charge in [-0.1, -0.05) is 5.16 Å². The molecule has 0 unspecified atom stereocenters. The molecule has 0 bridgehead atoms. The van der Waals surface area contributed by atoms with Gasteiger partial charge in [0.2, 0.25) is 10.0 Å². The van der Waals surface area contributed by atoms with Crippen LogP contribution in [0.5, 0.6) is 0 Å². The van der Waals surface area contributed by atoms with E-state index in [-0.39, 0.29) is 11.4 Å². The number of hydrogen-bond acceptors (Lipinski definition) is 5. The van der Waals surface area contributed by atoms with Crippen molar-refractivity contribution < 1.29 is 12.9 Å². The second-order valence-electron chi connectivity index (χ2n) is 3.15. The molecular formula is C9H8BrN3O3S. The highest BCUT2D eigenvalue weighted by Gasteiger charge is 2.14. The van der Waals surface area contributed by atoms with E-state index in [1.165, 1.54) is 24.7 Å². The fraction of sp³-hybridized carbons (Fsp3) is 0.111. The Labute approximate surface area is 106 Å². The van der Waals surface area contributed by atoms with Crippen LogP contribution in [0.2, 0.25) is 0 Å². The van der Waals surface area contributed by atoms with Gasteiger partial charge in [0.05, 0.1) is 12.2 Å². The number of nitrogens with one attached hydrogen (secondary N) is 1. The first kappa shape index (κ1) is 12.2. The molecule has 0 atom stereocenters. The topological polar surface area (TPSA) is 85.1 Å². The van der Waals surface area contributed by atoms with Gasteiger partial charge in [0.1, 0.15) is 11.2 Å². The fourth-order valence-electron chi connectivity index (χ4n) is 1.12. The van der Waals surface area contributed by atoms with Crippen molar-refractivity contribution in [2.75, 3.05) is 0 Å². The molecule has 0 radical (unpaired) electrons. The molecule has 0 saturated carbocycles. The second-order valence-corrected chi connectivity index (χ2v) is 5.84. The summed E-state index contributed by atoms with van der Waals surface area (Å²) in [4.78, 5) is 3.89. The van der Waals surface area contributed by atoms with Crippen molar-refractivity contribution in [3.63, 3.8) is 0 Å². The van der Waals surface area contributed by atoms with Gasteiger partial charge in [-0.2, -0.15) is 0 Å². The zero-order valence-corrected chi connectivity index (χ0v) is 10.9. The lowest BCUT2D eigenvalue weighted by Gasteiger charge is -2.04. The molecule has 2 heterocycles. The van der Waals surface area contributed by atoms with Crippen molar-refractivity contribution in [2.24, 2.45) is 0 Å². The quantitative estimate of drug-likeness (QED) is 0.919. The molecule has 17 heavy (non-hydrogen) atoms. The molecule has 0 aromatic carbocycles. The zero-order valence-electron chi connectivity index (χ0n) is 8.50. The molecule has 0 aliphatic carbocycles. The van der Waals surface area contributed by atoms with Crippen LogP contribution in [0.4, 0.5) is 0 Å². The molecule has 0 fully saturated rings. The van der Waals surface area contributed by atoms with Gasteiger partial charge in [0.25, 0.3) is 0 Å². The van der Waals surface area contributed by atoms with E-state index in [1.807, 2.05) is 0 Å². The predicted molar refractivity (Wildman–Crippen MR) is 62.5 cm³/mol. The number of rotatable bonds is 4. The number of sulfonamides is 1. The van der Waals surface area contributed by atoms with Crippen LogP contribution < -0.4 is 4.72 Å². The smallest absolute Gasteiger partial charge is 0.242 e. The lowest BCUT2D eigenvalue weighted by atomic mass is 10.5. The van der Waals surface area contributed by atoms with Gasteiger partial charge < -0.3 is 4.52 Å². The van der Waals surface area contributed by atoms with Crippen molar-refractivity contribution in [2.45, 2.75) is 11.4 Å². The third kappa shape index (κ3) is 3.11. The molecular weight excluding hydrogens is 310 g/mol. The first-order valence-electron chi connectivity index (χ1n) is 4.57. The van der Waals surface area contributed by atoms with E-state index in [0.717, 1.165) is 0 Å². The van der Waals surface area contributed by atoms with E-state index in [1.54, 1.807) is 6.07 Å². The molecule has 8 heteroatoms. The van der Waals surface area contributed by atoms with E-state index in [0.29, 0.717) is 10.2 Å². The molecule has 2 aromatic heterocycles. The van der Waals surface area contributed by atoms with Crippen LogP contribution in [0.1, 0.15) is 5.69 Å². The van der Waals surface area contributed by atoms with E-state index in [9.17, 15) is 8.42 Å². The average Bonchev–Trinajstić information content (AvgIpc) is 2.79. The number of hydrogen-bond donors (Lipinski definition) is 1. The Morgan fingerprint density at radius 1 is 1.41 bits per heavy atom. The first-order chi connectivity index (χ1) is 8.08. The summed E-state index contributed by atoms with van der Waals surface area (Å²) in [6.07, 6.45) is 4.16. The van der Waals surface area contributed by atoms with Crippen LogP contribution in [0.3, 0.4) is 0 Å². The van der Waals surface area contributed by atoms with Gasteiger partial charge in [0, 0.05) is 22.9 Å². The minimum Gasteiger partial charge on any atom is -0.364 e. The fourth-order valence-corrected chi connectivity index (χ4v) is 2.62. The summed E-state index contributed by atoms with van der Waals surface area (Å²) in [5, 5.41) is 3.60. The van der Waals surface area contributed by atoms with Crippen LogP contribution in [0, 0.1) is 0 Å². The number of halogens is 1. The summed E-state index contributed by atoms with van der Waals surface area (Å²) in [5.41, 5.74) is 0.511. The van der Waals surface area contributed by atoms with Gasteiger partial charge in [-0.25, -0.2) is 13.1 Å². The first-order valence-corrected chi connectivity index (χ1v) is 6.85. The van der Waals surface area contributed by atoms with Crippen molar-refractivity contribution in [3.8, 4) is 0 Å². The molecule has 1 N–H and O–H groups in total. The Kier molecular flexibility index (Phi) is 3.55. The Morgan fingerprint density at radius 3 is 2.88 bits per heavy atom. The molecule has 2 rings (SSSR count). The third-order valence-electron chi connectivity index (χ3n) is 1.92. The molecule has 0 spiro atoms. The van der Waals surface area contributed by atoms with Gasteiger partial charge in [-0.15, -0.1) is 0 Å². The summed E-state index contributed by atoms with van der Waals surface area (Å²) in [6, 6.07) is 3.06. The summed E-state index contributed by atoms with van der Waals surface area (Å²) in [6.45, 7) is 0.0747. The molecule has 6 nitrogen and oxygen atoms in total. The summed E-state index contributed by atoms with van der Waals surface area (Å²) >= 11 is 3.16. The summed E-state index contributed by atoms with van der Waals surface area (Å²) < 4.78 is 31.3. The SMILES string of the molecule is O=S(=O)(NCc1ccon1)c1cncc(Br)c1. The molecule has 0 aliphatic heterocycles. The van der Waals surface area contributed by atoms with Crippen LogP contribution in [-0.2, 0) is 16.6 Å². The monoisotopic (exact) mass is 317 g/mol. The van der Waals surface area contributed by atoms with Gasteiger partial charge in [0.15, 0.2) is 0 Å². The Hall–Kier alpha value is -1.25. The van der Waals surface area contributed by atoms with Crippen molar-refractivity contribution in [1.82, 2.24) is 14.9 Å². The molecule has 2 aromatic rings. The third-order valence-corrected chi connectivity index (χ3v) is 3.73. The summed E-state index contributed by atoms with van der Waals surface area (Å²) in [7, 11) is -3.58. The largest absolute Gasteiger partial charge is 0.364 e. The maximum Gasteiger partial charge on any atom is 0.242 e. The van der Waals surface area contributed by atoms with E-state index >= 15 is 0 Å². The number of pyridine rings is 1. The van der Waals surface area contributed by atoms with Crippen LogP contribution >= 0.6 is 15.9 Å². The van der Waals surface area contributed by atoms with Crippen LogP contribution in [0.15, 0.2) is 44.7 Å². The molecule has 0 saturated heterocycles. The Balaban J connectivity index is 2.14. The van der Waals surface area contributed by atoms with Gasteiger partial charge >= 0.3 is 0 Å². The van der Waals surface area contributed by atoms with Crippen LogP contribution in [-0.4, -0.2) is 18.6 Å². The minimum absolute atomic E-state index is 0.0747. The predicted octanol–water partition coefficient (Wildman–Crippen LogP) is 1.31. The average molecular weight is 318 g/mol. The Bertz CT molecular complexity index is 598. The van der Waals surface area contributed by atoms with Gasteiger partial charge in [-0.05, 0) is 22.0 Å². The maximum absolute atomic E-state index is 11.8. The van der Waals surface area contributed by atoms with Crippen molar-refractivity contribution in [3.05, 3.63) is 41.0 Å². The van der Waals surface area contributed by atoms with E-state index < -0.39 is 10.0 Å². The highest BCUT2D eigenvalue weighted by Crippen LogP contribution is 2.14. The highest BCUT2D eigenvalue weighted by atomic mass is 79.9.